The molecule has 1 atom stereocenters. The second-order valence-electron chi connectivity index (χ2n) is 4.65. The maximum atomic E-state index is 13.1. The Balaban J connectivity index is 2.24. The van der Waals surface area contributed by atoms with E-state index in [0.717, 1.165) is 24.1 Å². The Labute approximate surface area is 123 Å². The smallest absolute Gasteiger partial charge is 0.124 e. The SMILES string of the molecule is CCNC(Cc1ccc(O)cc1)c1ccc(F)cc1Cl. The quantitative estimate of drug-likeness (QED) is 0.871. The normalized spacial score (nSPS) is 12.3. The van der Waals surface area contributed by atoms with Crippen LogP contribution < -0.4 is 5.32 Å². The summed E-state index contributed by atoms with van der Waals surface area (Å²) in [6.45, 7) is 2.80. The fourth-order valence-electron chi connectivity index (χ4n) is 2.19. The highest BCUT2D eigenvalue weighted by molar-refractivity contribution is 6.31. The molecule has 0 amide bonds. The van der Waals surface area contributed by atoms with Crippen LogP contribution in [0.1, 0.15) is 24.1 Å². The van der Waals surface area contributed by atoms with Crippen molar-refractivity contribution in [2.24, 2.45) is 0 Å². The summed E-state index contributed by atoms with van der Waals surface area (Å²) in [6.07, 6.45) is 0.722. The van der Waals surface area contributed by atoms with E-state index in [1.165, 1.54) is 12.1 Å². The lowest BCUT2D eigenvalue weighted by Crippen LogP contribution is -2.23. The number of likely N-dealkylation sites (N-methyl/N-ethyl adjacent to an activating group) is 1. The molecule has 0 heterocycles. The van der Waals surface area contributed by atoms with Gasteiger partial charge in [-0.25, -0.2) is 4.39 Å². The third kappa shape index (κ3) is 3.71. The molecule has 1 unspecified atom stereocenters. The zero-order valence-electron chi connectivity index (χ0n) is 11.2. The highest BCUT2D eigenvalue weighted by atomic mass is 35.5. The average molecular weight is 294 g/mol. The van der Waals surface area contributed by atoms with E-state index in [2.05, 4.69) is 5.32 Å². The number of aromatic hydroxyl groups is 1. The van der Waals surface area contributed by atoms with Crippen LogP contribution in [0.4, 0.5) is 4.39 Å². The molecule has 106 valence electrons. The first kappa shape index (κ1) is 14.8. The molecule has 0 aromatic heterocycles. The van der Waals surface area contributed by atoms with Crippen molar-refractivity contribution in [3.05, 3.63) is 64.4 Å². The van der Waals surface area contributed by atoms with Gasteiger partial charge in [-0.15, -0.1) is 0 Å². The van der Waals surface area contributed by atoms with Crippen LogP contribution >= 0.6 is 11.6 Å². The highest BCUT2D eigenvalue weighted by Gasteiger charge is 2.15. The summed E-state index contributed by atoms with van der Waals surface area (Å²) in [7, 11) is 0. The van der Waals surface area contributed by atoms with Crippen LogP contribution in [-0.4, -0.2) is 11.7 Å². The summed E-state index contributed by atoms with van der Waals surface area (Å²) in [6, 6.07) is 11.5. The van der Waals surface area contributed by atoms with Crippen molar-refractivity contribution in [1.29, 1.82) is 0 Å². The molecule has 2 N–H and O–H groups in total. The molecule has 0 aliphatic heterocycles. The van der Waals surface area contributed by atoms with E-state index >= 15 is 0 Å². The molecule has 0 radical (unpaired) electrons. The van der Waals surface area contributed by atoms with Gasteiger partial charge in [-0.05, 0) is 48.4 Å². The van der Waals surface area contributed by atoms with Crippen LogP contribution in [0.15, 0.2) is 42.5 Å². The van der Waals surface area contributed by atoms with Crippen molar-refractivity contribution in [3.63, 3.8) is 0 Å². The Kier molecular flexibility index (Phi) is 4.99. The Morgan fingerprint density at radius 1 is 1.20 bits per heavy atom. The predicted octanol–water partition coefficient (Wildman–Crippen LogP) is 4.08. The first-order chi connectivity index (χ1) is 9.60. The van der Waals surface area contributed by atoms with Crippen molar-refractivity contribution in [3.8, 4) is 5.75 Å². The van der Waals surface area contributed by atoms with E-state index < -0.39 is 0 Å². The van der Waals surface area contributed by atoms with E-state index in [9.17, 15) is 9.50 Å². The van der Waals surface area contributed by atoms with Gasteiger partial charge in [0.15, 0.2) is 0 Å². The lowest BCUT2D eigenvalue weighted by molar-refractivity contribution is 0.474. The second-order valence-corrected chi connectivity index (χ2v) is 5.05. The number of nitrogens with one attached hydrogen (secondary N) is 1. The first-order valence-corrected chi connectivity index (χ1v) is 6.94. The number of benzene rings is 2. The number of phenols is 1. The Bertz CT molecular complexity index is 571. The van der Waals surface area contributed by atoms with Crippen molar-refractivity contribution in [2.75, 3.05) is 6.54 Å². The van der Waals surface area contributed by atoms with Gasteiger partial charge in [0, 0.05) is 11.1 Å². The summed E-state index contributed by atoms with van der Waals surface area (Å²) in [5.41, 5.74) is 1.96. The van der Waals surface area contributed by atoms with Gasteiger partial charge < -0.3 is 10.4 Å². The minimum Gasteiger partial charge on any atom is -0.508 e. The monoisotopic (exact) mass is 293 g/mol. The van der Waals surface area contributed by atoms with Gasteiger partial charge in [0.05, 0.1) is 0 Å². The van der Waals surface area contributed by atoms with E-state index in [-0.39, 0.29) is 17.6 Å². The zero-order chi connectivity index (χ0) is 14.5. The van der Waals surface area contributed by atoms with Gasteiger partial charge in [0.25, 0.3) is 0 Å². The van der Waals surface area contributed by atoms with Crippen LogP contribution in [0.5, 0.6) is 5.75 Å². The lowest BCUT2D eigenvalue weighted by Gasteiger charge is -2.20. The molecule has 2 aromatic carbocycles. The van der Waals surface area contributed by atoms with Crippen molar-refractivity contribution >= 4 is 11.6 Å². The maximum absolute atomic E-state index is 13.1. The maximum Gasteiger partial charge on any atom is 0.124 e. The van der Waals surface area contributed by atoms with E-state index in [0.29, 0.717) is 5.02 Å². The molecule has 20 heavy (non-hydrogen) atoms. The standard InChI is InChI=1S/C16H17ClFNO/c1-2-19-16(9-11-3-6-13(20)7-4-11)14-8-5-12(18)10-15(14)17/h3-8,10,16,19-20H,2,9H2,1H3. The molecule has 0 aliphatic carbocycles. The molecule has 2 rings (SSSR count). The summed E-state index contributed by atoms with van der Waals surface area (Å²) in [5, 5.41) is 13.1. The number of hydrogen-bond donors (Lipinski definition) is 2. The fourth-order valence-corrected chi connectivity index (χ4v) is 2.49. The summed E-state index contributed by atoms with van der Waals surface area (Å²) in [4.78, 5) is 0. The largest absolute Gasteiger partial charge is 0.508 e. The average Bonchev–Trinajstić information content (AvgIpc) is 2.41. The molecule has 2 aromatic rings. The number of rotatable bonds is 5. The van der Waals surface area contributed by atoms with Crippen molar-refractivity contribution < 1.29 is 9.50 Å². The molecule has 0 saturated carbocycles. The van der Waals surface area contributed by atoms with Gasteiger partial charge >= 0.3 is 0 Å². The summed E-state index contributed by atoms with van der Waals surface area (Å²) >= 11 is 6.13. The minimum atomic E-state index is -0.335. The molecule has 0 aliphatic rings. The number of halogens is 2. The minimum absolute atomic E-state index is 0.0117. The van der Waals surface area contributed by atoms with Gasteiger partial charge in [0.2, 0.25) is 0 Å². The molecule has 0 fully saturated rings. The fraction of sp³-hybridized carbons (Fsp3) is 0.250. The topological polar surface area (TPSA) is 32.3 Å². The van der Waals surface area contributed by atoms with Crippen LogP contribution in [0.25, 0.3) is 0 Å². The molecule has 4 heteroatoms. The van der Waals surface area contributed by atoms with E-state index in [4.69, 9.17) is 11.6 Å². The third-order valence-corrected chi connectivity index (χ3v) is 3.49. The second kappa shape index (κ2) is 6.73. The summed E-state index contributed by atoms with van der Waals surface area (Å²) < 4.78 is 13.1. The van der Waals surface area contributed by atoms with Crippen molar-refractivity contribution in [1.82, 2.24) is 5.32 Å². The third-order valence-electron chi connectivity index (χ3n) is 3.16. The highest BCUT2D eigenvalue weighted by Crippen LogP contribution is 2.27. The zero-order valence-corrected chi connectivity index (χ0v) is 12.0. The van der Waals surface area contributed by atoms with Gasteiger partial charge in [-0.1, -0.05) is 36.7 Å². The molecule has 2 nitrogen and oxygen atoms in total. The van der Waals surface area contributed by atoms with Crippen molar-refractivity contribution in [2.45, 2.75) is 19.4 Å². The first-order valence-electron chi connectivity index (χ1n) is 6.56. The van der Waals surface area contributed by atoms with Crippen LogP contribution in [0, 0.1) is 5.82 Å². The molecular formula is C16H17ClFNO. The van der Waals surface area contributed by atoms with E-state index in [1.807, 2.05) is 19.1 Å². The Morgan fingerprint density at radius 3 is 2.50 bits per heavy atom. The van der Waals surface area contributed by atoms with Gasteiger partial charge in [-0.2, -0.15) is 0 Å². The lowest BCUT2D eigenvalue weighted by atomic mass is 9.98. The molecular weight excluding hydrogens is 277 g/mol. The molecule has 0 saturated heterocycles. The Hall–Kier alpha value is -1.58. The number of phenolic OH excluding ortho intramolecular Hbond substituents is 1. The van der Waals surface area contributed by atoms with Crippen LogP contribution in [0.3, 0.4) is 0 Å². The summed E-state index contributed by atoms with van der Waals surface area (Å²) in [5.74, 6) is -0.0906. The Morgan fingerprint density at radius 2 is 1.90 bits per heavy atom. The van der Waals surface area contributed by atoms with E-state index in [1.54, 1.807) is 18.2 Å². The van der Waals surface area contributed by atoms with Gasteiger partial charge in [-0.3, -0.25) is 0 Å². The number of hydrogen-bond acceptors (Lipinski definition) is 2. The van der Waals surface area contributed by atoms with Gasteiger partial charge in [0.1, 0.15) is 11.6 Å². The van der Waals surface area contributed by atoms with Crippen LogP contribution in [0.2, 0.25) is 5.02 Å². The predicted molar refractivity (Wildman–Crippen MR) is 79.6 cm³/mol. The van der Waals surface area contributed by atoms with Crippen LogP contribution in [-0.2, 0) is 6.42 Å². The molecule has 0 spiro atoms. The molecule has 0 bridgehead atoms.